The second kappa shape index (κ2) is 3.19. The molecule has 0 saturated heterocycles. The molecule has 0 atom stereocenters. The Hall–Kier alpha value is -2.18. The van der Waals surface area contributed by atoms with E-state index < -0.39 is 11.5 Å². The Balaban J connectivity index is 2.72. The normalized spacial score (nSPS) is 10.5. The second-order valence-corrected chi connectivity index (χ2v) is 2.92. The fourth-order valence-corrected chi connectivity index (χ4v) is 1.20. The summed E-state index contributed by atoms with van der Waals surface area (Å²) < 4.78 is 5.61. The van der Waals surface area contributed by atoms with Gasteiger partial charge in [0.25, 0.3) is 11.3 Å². The van der Waals surface area contributed by atoms with Gasteiger partial charge in [0, 0.05) is 6.07 Å². The van der Waals surface area contributed by atoms with Gasteiger partial charge in [0.2, 0.25) is 0 Å². The van der Waals surface area contributed by atoms with Crippen molar-refractivity contribution in [3.63, 3.8) is 0 Å². The van der Waals surface area contributed by atoms with Crippen LogP contribution in [-0.4, -0.2) is 32.7 Å². The molecule has 2 heterocycles. The van der Waals surface area contributed by atoms with E-state index >= 15 is 0 Å². The third-order valence-corrected chi connectivity index (χ3v) is 1.84. The molecule has 0 unspecified atom stereocenters. The van der Waals surface area contributed by atoms with Crippen molar-refractivity contribution < 1.29 is 9.53 Å². The van der Waals surface area contributed by atoms with Gasteiger partial charge in [-0.05, 0) is 6.92 Å². The lowest BCUT2D eigenvalue weighted by Crippen LogP contribution is -2.18. The SMILES string of the molecule is COC(=O)c1cc(=O)n2[nH]c(C)nc2n1. The summed E-state index contributed by atoms with van der Waals surface area (Å²) in [7, 11) is 1.22. The topological polar surface area (TPSA) is 89.4 Å². The predicted octanol–water partition coefficient (Wildman–Crippen LogP) is -0.487. The van der Waals surface area contributed by atoms with Crippen LogP contribution in [0.5, 0.6) is 0 Å². The number of carbonyl (C=O) groups is 1. The van der Waals surface area contributed by atoms with Gasteiger partial charge in [-0.3, -0.25) is 9.89 Å². The number of nitrogens with zero attached hydrogens (tertiary/aromatic N) is 3. The van der Waals surface area contributed by atoms with E-state index in [1.54, 1.807) is 6.92 Å². The van der Waals surface area contributed by atoms with Crippen molar-refractivity contribution in [2.24, 2.45) is 0 Å². The average Bonchev–Trinajstić information content (AvgIpc) is 2.58. The quantitative estimate of drug-likeness (QED) is 0.639. The first-order valence-electron chi connectivity index (χ1n) is 4.16. The van der Waals surface area contributed by atoms with Crippen molar-refractivity contribution in [1.82, 2.24) is 19.6 Å². The molecule has 0 radical (unpaired) electrons. The molecule has 78 valence electrons. The molecule has 0 bridgehead atoms. The molecular formula is C8H8N4O3. The number of H-pyrrole nitrogens is 1. The lowest BCUT2D eigenvalue weighted by atomic mass is 10.4. The third-order valence-electron chi connectivity index (χ3n) is 1.84. The number of aromatic nitrogens is 4. The molecule has 2 aromatic heterocycles. The van der Waals surface area contributed by atoms with E-state index in [0.29, 0.717) is 5.82 Å². The standard InChI is InChI=1S/C8H8N4O3/c1-4-9-8-10-5(7(14)15-2)3-6(13)12(8)11-4/h3H,1-2H3,(H,9,10,11). The Kier molecular flexibility index (Phi) is 2.00. The van der Waals surface area contributed by atoms with Crippen LogP contribution in [0, 0.1) is 6.92 Å². The Bertz CT molecular complexity index is 583. The van der Waals surface area contributed by atoms with E-state index in [0.717, 1.165) is 10.6 Å². The Labute approximate surface area is 83.7 Å². The maximum absolute atomic E-state index is 11.5. The Morgan fingerprint density at radius 1 is 1.53 bits per heavy atom. The van der Waals surface area contributed by atoms with Crippen molar-refractivity contribution in [3.8, 4) is 0 Å². The molecule has 15 heavy (non-hydrogen) atoms. The number of rotatable bonds is 1. The number of aromatic amines is 1. The first kappa shape index (κ1) is 9.38. The van der Waals surface area contributed by atoms with Gasteiger partial charge in [0.1, 0.15) is 5.82 Å². The van der Waals surface area contributed by atoms with Crippen LogP contribution in [-0.2, 0) is 4.74 Å². The van der Waals surface area contributed by atoms with Gasteiger partial charge in [-0.15, -0.1) is 0 Å². The summed E-state index contributed by atoms with van der Waals surface area (Å²) in [5.41, 5.74) is -0.449. The number of carbonyl (C=O) groups excluding carboxylic acids is 1. The molecular weight excluding hydrogens is 200 g/mol. The average molecular weight is 208 g/mol. The highest BCUT2D eigenvalue weighted by Gasteiger charge is 2.12. The van der Waals surface area contributed by atoms with E-state index in [9.17, 15) is 9.59 Å². The second-order valence-electron chi connectivity index (χ2n) is 2.92. The van der Waals surface area contributed by atoms with E-state index in [2.05, 4.69) is 19.8 Å². The highest BCUT2D eigenvalue weighted by molar-refractivity contribution is 5.87. The smallest absolute Gasteiger partial charge is 0.357 e. The molecule has 0 aliphatic carbocycles. The van der Waals surface area contributed by atoms with Crippen LogP contribution in [0.15, 0.2) is 10.9 Å². The number of fused-ring (bicyclic) bond motifs is 1. The van der Waals surface area contributed by atoms with Gasteiger partial charge in [0.05, 0.1) is 7.11 Å². The van der Waals surface area contributed by atoms with Crippen molar-refractivity contribution in [2.75, 3.05) is 7.11 Å². The Morgan fingerprint density at radius 2 is 2.27 bits per heavy atom. The number of aryl methyl sites for hydroxylation is 1. The number of ether oxygens (including phenoxy) is 1. The molecule has 2 rings (SSSR count). The summed E-state index contributed by atoms with van der Waals surface area (Å²) in [6.07, 6.45) is 0. The molecule has 0 saturated carbocycles. The van der Waals surface area contributed by atoms with Crippen molar-refractivity contribution in [2.45, 2.75) is 6.92 Å². The lowest BCUT2D eigenvalue weighted by molar-refractivity contribution is 0.0594. The molecule has 0 fully saturated rings. The largest absolute Gasteiger partial charge is 0.464 e. The number of esters is 1. The zero-order valence-corrected chi connectivity index (χ0v) is 8.14. The maximum atomic E-state index is 11.5. The number of nitrogens with one attached hydrogen (secondary N) is 1. The maximum Gasteiger partial charge on any atom is 0.357 e. The summed E-state index contributed by atoms with van der Waals surface area (Å²) >= 11 is 0. The number of methoxy groups -OCH3 is 1. The van der Waals surface area contributed by atoms with Gasteiger partial charge in [-0.2, -0.15) is 9.50 Å². The highest BCUT2D eigenvalue weighted by atomic mass is 16.5. The molecule has 7 heteroatoms. The molecule has 7 nitrogen and oxygen atoms in total. The molecule has 0 aliphatic rings. The number of hydrogen-bond acceptors (Lipinski definition) is 5. The minimum absolute atomic E-state index is 0.0472. The van der Waals surface area contributed by atoms with E-state index in [1.165, 1.54) is 7.11 Å². The van der Waals surface area contributed by atoms with Gasteiger partial charge in [0.15, 0.2) is 5.69 Å². The highest BCUT2D eigenvalue weighted by Crippen LogP contribution is 1.97. The van der Waals surface area contributed by atoms with Gasteiger partial charge < -0.3 is 4.74 Å². The molecule has 0 aliphatic heterocycles. The molecule has 0 amide bonds. The fraction of sp³-hybridized carbons (Fsp3) is 0.250. The van der Waals surface area contributed by atoms with Crippen LogP contribution in [0.4, 0.5) is 0 Å². The van der Waals surface area contributed by atoms with Crippen molar-refractivity contribution >= 4 is 11.7 Å². The van der Waals surface area contributed by atoms with Gasteiger partial charge in [-0.25, -0.2) is 9.78 Å². The summed E-state index contributed by atoms with van der Waals surface area (Å²) in [6, 6.07) is 1.09. The summed E-state index contributed by atoms with van der Waals surface area (Å²) in [4.78, 5) is 30.4. The summed E-state index contributed by atoms with van der Waals surface area (Å²) in [6.45, 7) is 1.69. The van der Waals surface area contributed by atoms with Crippen molar-refractivity contribution in [3.05, 3.63) is 27.9 Å². The number of hydrogen-bond donors (Lipinski definition) is 1. The minimum atomic E-state index is -0.657. The van der Waals surface area contributed by atoms with E-state index in [4.69, 9.17) is 0 Å². The predicted molar refractivity (Wildman–Crippen MR) is 49.7 cm³/mol. The molecule has 0 aromatic carbocycles. The Morgan fingerprint density at radius 3 is 2.93 bits per heavy atom. The lowest BCUT2D eigenvalue weighted by Gasteiger charge is -1.96. The zero-order chi connectivity index (χ0) is 11.0. The summed E-state index contributed by atoms with van der Waals surface area (Å²) in [5, 5.41) is 2.69. The molecule has 0 spiro atoms. The van der Waals surface area contributed by atoms with Crippen LogP contribution in [0.1, 0.15) is 16.3 Å². The zero-order valence-electron chi connectivity index (χ0n) is 8.14. The van der Waals surface area contributed by atoms with Crippen LogP contribution < -0.4 is 5.56 Å². The van der Waals surface area contributed by atoms with Crippen LogP contribution in [0.3, 0.4) is 0 Å². The summed E-state index contributed by atoms with van der Waals surface area (Å²) in [5.74, 6) is 0.0391. The van der Waals surface area contributed by atoms with Gasteiger partial charge in [-0.1, -0.05) is 0 Å². The van der Waals surface area contributed by atoms with Crippen LogP contribution >= 0.6 is 0 Å². The molecule has 1 N–H and O–H groups in total. The van der Waals surface area contributed by atoms with Crippen LogP contribution in [0.2, 0.25) is 0 Å². The van der Waals surface area contributed by atoms with E-state index in [-0.39, 0.29) is 11.5 Å². The van der Waals surface area contributed by atoms with Gasteiger partial charge >= 0.3 is 5.97 Å². The molecule has 2 aromatic rings. The van der Waals surface area contributed by atoms with Crippen molar-refractivity contribution in [1.29, 1.82) is 0 Å². The fourth-order valence-electron chi connectivity index (χ4n) is 1.20. The minimum Gasteiger partial charge on any atom is -0.464 e. The van der Waals surface area contributed by atoms with Crippen LogP contribution in [0.25, 0.3) is 5.78 Å². The third kappa shape index (κ3) is 1.47. The monoisotopic (exact) mass is 208 g/mol. The first-order valence-corrected chi connectivity index (χ1v) is 4.16. The van der Waals surface area contributed by atoms with E-state index in [1.807, 2.05) is 0 Å². The first-order chi connectivity index (χ1) is 7.11.